The maximum Gasteiger partial charge on any atom is 0.296 e. The second kappa shape index (κ2) is 9.80. The van der Waals surface area contributed by atoms with Gasteiger partial charge in [0.05, 0.1) is 28.9 Å². The zero-order chi connectivity index (χ0) is 28.3. The van der Waals surface area contributed by atoms with E-state index in [0.29, 0.717) is 38.4 Å². The molecule has 0 saturated heterocycles. The Morgan fingerprint density at radius 2 is 1.95 bits per heavy atom. The molecule has 0 saturated carbocycles. The van der Waals surface area contributed by atoms with Crippen LogP contribution in [0, 0.1) is 6.92 Å². The minimum Gasteiger partial charge on any atom is -0.503 e. The van der Waals surface area contributed by atoms with Gasteiger partial charge < -0.3 is 14.3 Å². The molecule has 3 aromatic carbocycles. The van der Waals surface area contributed by atoms with Gasteiger partial charge in [0.1, 0.15) is 0 Å². The van der Waals surface area contributed by atoms with E-state index < -0.39 is 23.5 Å². The zero-order valence-corrected chi connectivity index (χ0v) is 23.8. The summed E-state index contributed by atoms with van der Waals surface area (Å²) in [6, 6.07) is 17.4. The fourth-order valence-corrected chi connectivity index (χ4v) is 6.32. The molecule has 9 heteroatoms. The Morgan fingerprint density at radius 1 is 1.15 bits per heavy atom. The lowest BCUT2D eigenvalue weighted by Gasteiger charge is -2.24. The van der Waals surface area contributed by atoms with Gasteiger partial charge in [-0.05, 0) is 48.2 Å². The van der Waals surface area contributed by atoms with Crippen LogP contribution in [0.4, 0.5) is 5.13 Å². The molecule has 5 aromatic rings. The van der Waals surface area contributed by atoms with Gasteiger partial charge in [0.25, 0.3) is 5.91 Å². The van der Waals surface area contributed by atoms with Crippen molar-refractivity contribution in [2.75, 3.05) is 12.0 Å². The number of carbonyl (C=O) groups is 2. The second-order valence-electron chi connectivity index (χ2n) is 10.1. The number of rotatable bonds is 6. The first-order valence-corrected chi connectivity index (χ1v) is 13.9. The molecule has 1 unspecified atom stereocenters. The number of amides is 1. The number of ketones is 1. The Labute approximate surface area is 239 Å². The van der Waals surface area contributed by atoms with Gasteiger partial charge in [0, 0.05) is 16.5 Å². The molecule has 1 aliphatic rings. The Hall–Kier alpha value is -4.14. The lowest BCUT2D eigenvalue weighted by atomic mass is 9.94. The summed E-state index contributed by atoms with van der Waals surface area (Å²) in [5, 5.41) is 12.6. The first-order chi connectivity index (χ1) is 19.2. The van der Waals surface area contributed by atoms with E-state index in [1.165, 1.54) is 29.4 Å². The van der Waals surface area contributed by atoms with Crippen LogP contribution >= 0.6 is 22.9 Å². The van der Waals surface area contributed by atoms with Crippen LogP contribution in [0.15, 0.2) is 76.4 Å². The number of methoxy groups -OCH3 is 1. The number of aryl methyl sites for hydroxylation is 1. The molecule has 1 atom stereocenters. The van der Waals surface area contributed by atoms with E-state index in [-0.39, 0.29) is 11.3 Å². The van der Waals surface area contributed by atoms with Crippen molar-refractivity contribution in [3.63, 3.8) is 0 Å². The highest BCUT2D eigenvalue weighted by molar-refractivity contribution is 7.22. The molecule has 0 aliphatic carbocycles. The highest BCUT2D eigenvalue weighted by Crippen LogP contribution is 2.45. The van der Waals surface area contributed by atoms with Crippen molar-refractivity contribution in [3.8, 4) is 5.75 Å². The van der Waals surface area contributed by atoms with Gasteiger partial charge in [-0.25, -0.2) is 4.98 Å². The van der Waals surface area contributed by atoms with Gasteiger partial charge in [-0.3, -0.25) is 14.5 Å². The molecule has 202 valence electrons. The highest BCUT2D eigenvalue weighted by atomic mass is 35.5. The number of thiazole rings is 1. The number of halogens is 1. The highest BCUT2D eigenvalue weighted by Gasteiger charge is 2.46. The summed E-state index contributed by atoms with van der Waals surface area (Å²) in [6.45, 7) is 6.15. The molecule has 1 amide bonds. The van der Waals surface area contributed by atoms with Gasteiger partial charge in [0.2, 0.25) is 5.78 Å². The number of Topliss-reactive ketones (excluding diaryl/α,β-unsaturated/α-hetero) is 1. The number of fused-ring (bicyclic) bond motifs is 2. The van der Waals surface area contributed by atoms with Crippen LogP contribution in [-0.2, 0) is 4.79 Å². The molecule has 1 aliphatic heterocycles. The average Bonchev–Trinajstić information content (AvgIpc) is 3.61. The van der Waals surface area contributed by atoms with Crippen molar-refractivity contribution < 1.29 is 23.8 Å². The van der Waals surface area contributed by atoms with Crippen LogP contribution in [0.2, 0.25) is 5.02 Å². The minimum absolute atomic E-state index is 0.0460. The van der Waals surface area contributed by atoms with Crippen LogP contribution in [-0.4, -0.2) is 28.9 Å². The number of aliphatic hydroxyl groups excluding tert-OH is 1. The molecule has 0 fully saturated rings. The number of hydrogen-bond acceptors (Lipinski definition) is 7. The van der Waals surface area contributed by atoms with Crippen LogP contribution < -0.4 is 9.64 Å². The largest absolute Gasteiger partial charge is 0.503 e. The van der Waals surface area contributed by atoms with E-state index in [4.69, 9.17) is 25.7 Å². The predicted molar refractivity (Wildman–Crippen MR) is 157 cm³/mol. The maximum atomic E-state index is 14.0. The summed E-state index contributed by atoms with van der Waals surface area (Å²) in [6.07, 6.45) is 0. The van der Waals surface area contributed by atoms with Crippen LogP contribution in [0.1, 0.15) is 53.1 Å². The maximum absolute atomic E-state index is 14.0. The Bertz CT molecular complexity index is 1870. The fraction of sp³-hybridized carbons (Fsp3) is 0.194. The van der Waals surface area contributed by atoms with E-state index in [0.717, 1.165) is 21.3 Å². The van der Waals surface area contributed by atoms with Crippen LogP contribution in [0.3, 0.4) is 0 Å². The number of ether oxygens (including phenoxy) is 1. The van der Waals surface area contributed by atoms with Crippen LogP contribution in [0.5, 0.6) is 5.75 Å². The van der Waals surface area contributed by atoms with E-state index >= 15 is 0 Å². The van der Waals surface area contributed by atoms with Gasteiger partial charge >= 0.3 is 0 Å². The molecule has 0 spiro atoms. The predicted octanol–water partition coefficient (Wildman–Crippen LogP) is 7.92. The molecule has 40 heavy (non-hydrogen) atoms. The Balaban J connectivity index is 1.50. The summed E-state index contributed by atoms with van der Waals surface area (Å²) in [5.74, 6) is -1.29. The van der Waals surface area contributed by atoms with Crippen molar-refractivity contribution in [3.05, 3.63) is 99.5 Å². The van der Waals surface area contributed by atoms with Crippen molar-refractivity contribution in [1.82, 2.24) is 4.98 Å². The third kappa shape index (κ3) is 4.24. The van der Waals surface area contributed by atoms with E-state index in [9.17, 15) is 14.7 Å². The number of furan rings is 1. The van der Waals surface area contributed by atoms with Crippen molar-refractivity contribution >= 4 is 60.9 Å². The number of aromatic nitrogens is 1. The van der Waals surface area contributed by atoms with Gasteiger partial charge in [-0.15, -0.1) is 0 Å². The first-order valence-electron chi connectivity index (χ1n) is 12.7. The lowest BCUT2D eigenvalue weighted by Crippen LogP contribution is -2.31. The van der Waals surface area contributed by atoms with Gasteiger partial charge in [-0.1, -0.05) is 72.7 Å². The number of anilines is 1. The lowest BCUT2D eigenvalue weighted by molar-refractivity contribution is -0.117. The van der Waals surface area contributed by atoms with E-state index in [1.807, 2.05) is 43.3 Å². The molecule has 2 aromatic heterocycles. The quantitative estimate of drug-likeness (QED) is 0.208. The molecular formula is C31H25ClN2O5S. The van der Waals surface area contributed by atoms with E-state index in [2.05, 4.69) is 19.9 Å². The Kier molecular flexibility index (Phi) is 6.40. The zero-order valence-electron chi connectivity index (χ0n) is 22.2. The molecule has 6 rings (SSSR count). The smallest absolute Gasteiger partial charge is 0.296 e. The van der Waals surface area contributed by atoms with E-state index in [1.54, 1.807) is 12.1 Å². The molecule has 0 bridgehead atoms. The fourth-order valence-electron chi connectivity index (χ4n) is 5.06. The normalized spacial score (nSPS) is 15.7. The Morgan fingerprint density at radius 3 is 2.67 bits per heavy atom. The van der Waals surface area contributed by atoms with Crippen molar-refractivity contribution in [2.24, 2.45) is 0 Å². The van der Waals surface area contributed by atoms with Crippen molar-refractivity contribution in [2.45, 2.75) is 32.7 Å². The monoisotopic (exact) mass is 572 g/mol. The third-order valence-corrected chi connectivity index (χ3v) is 8.31. The molecule has 3 heterocycles. The topological polar surface area (TPSA) is 92.9 Å². The number of carbonyl (C=O) groups excluding carboxylic acids is 2. The standard InChI is InChI=1S/C31H25ClN2O5S/c1-15(2)17-8-9-21-24(13-17)40-31(33-21)34-26(18-7-5-6-16(3)10-18)25(28(36)30(34)37)27(35)22-12-19-11-20(32)14-23(38-4)29(19)39-22/h5-15,26,36H,1-4H3. The third-order valence-electron chi connectivity index (χ3n) is 7.08. The molecular weight excluding hydrogens is 548 g/mol. The summed E-state index contributed by atoms with van der Waals surface area (Å²) in [4.78, 5) is 33.8. The van der Waals surface area contributed by atoms with Crippen molar-refractivity contribution in [1.29, 1.82) is 0 Å². The number of hydrogen-bond donors (Lipinski definition) is 1. The second-order valence-corrected chi connectivity index (χ2v) is 11.5. The van der Waals surface area contributed by atoms with Gasteiger partial charge in [0.15, 0.2) is 28.0 Å². The molecule has 7 nitrogen and oxygen atoms in total. The number of benzene rings is 3. The molecule has 0 radical (unpaired) electrons. The number of nitrogens with zero attached hydrogens (tertiary/aromatic N) is 2. The SMILES string of the molecule is COc1cc(Cl)cc2cc(C(=O)C3=C(O)C(=O)N(c4nc5ccc(C(C)C)cc5s4)C3c3cccc(C)c3)oc12. The first kappa shape index (κ1) is 26.1. The summed E-state index contributed by atoms with van der Waals surface area (Å²) in [7, 11) is 1.48. The minimum atomic E-state index is -0.913. The van der Waals surface area contributed by atoms with Gasteiger partial charge in [-0.2, -0.15) is 0 Å². The molecule has 1 N–H and O–H groups in total. The summed E-state index contributed by atoms with van der Waals surface area (Å²) >= 11 is 7.56. The van der Waals surface area contributed by atoms with Crippen LogP contribution in [0.25, 0.3) is 21.2 Å². The summed E-state index contributed by atoms with van der Waals surface area (Å²) in [5.41, 5.74) is 3.76. The summed E-state index contributed by atoms with van der Waals surface area (Å²) < 4.78 is 12.2. The number of aliphatic hydroxyl groups is 1. The average molecular weight is 573 g/mol.